The van der Waals surface area contributed by atoms with Crippen LogP contribution in [0.3, 0.4) is 0 Å². The predicted molar refractivity (Wildman–Crippen MR) is 111 cm³/mol. The van der Waals surface area contributed by atoms with E-state index in [4.69, 9.17) is 9.73 Å². The monoisotopic (exact) mass is 381 g/mol. The first-order chi connectivity index (χ1) is 13.5. The molecule has 0 amide bonds. The number of ether oxygens (including phenoxy) is 1. The highest BCUT2D eigenvalue weighted by Gasteiger charge is 2.25. The smallest absolute Gasteiger partial charge is 0.142 e. The molecule has 1 aliphatic carbocycles. The molecular weight excluding hydrogens is 353 g/mol. The summed E-state index contributed by atoms with van der Waals surface area (Å²) >= 11 is 0. The Morgan fingerprint density at radius 3 is 2.71 bits per heavy atom. The third kappa shape index (κ3) is 3.71. The van der Waals surface area contributed by atoms with Crippen LogP contribution >= 0.6 is 0 Å². The lowest BCUT2D eigenvalue weighted by Gasteiger charge is -2.31. The first kappa shape index (κ1) is 18.8. The standard InChI is InChI=1S/C23H28FN3O/c1-4-19-20-15-18(9-10-21(20)24)28-17-7-5-16(6-8-17)11-13-26(2)22-12-14-27(3)23(19)25-22/h4,9-10,12,14-17H,1,5-8,11,13H2,2-3H3/b23-19+. The van der Waals surface area contributed by atoms with E-state index in [9.17, 15) is 4.39 Å². The molecule has 6 bridgehead atoms. The Morgan fingerprint density at radius 2 is 1.96 bits per heavy atom. The molecule has 4 nitrogen and oxygen atoms in total. The lowest BCUT2D eigenvalue weighted by Crippen LogP contribution is -2.32. The van der Waals surface area contributed by atoms with E-state index < -0.39 is 0 Å². The highest BCUT2D eigenvalue weighted by atomic mass is 19.1. The summed E-state index contributed by atoms with van der Waals surface area (Å²) in [6.45, 7) is 4.90. The molecule has 0 N–H and O–H groups in total. The molecule has 1 aromatic carbocycles. The Balaban J connectivity index is 1.83. The zero-order valence-corrected chi connectivity index (χ0v) is 16.7. The predicted octanol–water partition coefficient (Wildman–Crippen LogP) is 4.81. The molecule has 3 aliphatic heterocycles. The number of likely N-dealkylation sites (N-methyl/N-ethyl adjacent to an activating group) is 1. The third-order valence-electron chi connectivity index (χ3n) is 6.04. The summed E-state index contributed by atoms with van der Waals surface area (Å²) in [5, 5.41) is 0. The Kier molecular flexibility index (Phi) is 5.25. The van der Waals surface area contributed by atoms with Crippen molar-refractivity contribution in [1.82, 2.24) is 9.80 Å². The number of allylic oxidation sites excluding steroid dienone is 2. The van der Waals surface area contributed by atoms with Gasteiger partial charge in [-0.15, -0.1) is 0 Å². The fourth-order valence-electron chi connectivity index (χ4n) is 4.26. The van der Waals surface area contributed by atoms with E-state index in [2.05, 4.69) is 18.5 Å². The first-order valence-electron chi connectivity index (χ1n) is 10.1. The van der Waals surface area contributed by atoms with Crippen molar-refractivity contribution in [3.63, 3.8) is 0 Å². The molecule has 5 heteroatoms. The van der Waals surface area contributed by atoms with Gasteiger partial charge in [0.25, 0.3) is 0 Å². The van der Waals surface area contributed by atoms with Crippen LogP contribution in [-0.4, -0.2) is 42.4 Å². The van der Waals surface area contributed by atoms with Crippen molar-refractivity contribution < 1.29 is 9.13 Å². The van der Waals surface area contributed by atoms with E-state index in [0.29, 0.717) is 22.7 Å². The molecule has 0 radical (unpaired) electrons. The van der Waals surface area contributed by atoms with Gasteiger partial charge in [-0.3, -0.25) is 0 Å². The Bertz CT molecular complexity index is 849. The molecule has 0 atom stereocenters. The molecule has 5 rings (SSSR count). The minimum Gasteiger partial charge on any atom is -0.490 e. The van der Waals surface area contributed by atoms with Crippen LogP contribution in [0.25, 0.3) is 5.57 Å². The van der Waals surface area contributed by atoms with Crippen molar-refractivity contribution in [2.45, 2.75) is 38.2 Å². The van der Waals surface area contributed by atoms with Gasteiger partial charge in [0.2, 0.25) is 0 Å². The maximum atomic E-state index is 14.8. The third-order valence-corrected chi connectivity index (χ3v) is 6.04. The number of hydrogen-bond donors (Lipinski definition) is 0. The van der Waals surface area contributed by atoms with Crippen LogP contribution in [0, 0.1) is 11.7 Å². The number of nitrogens with zero attached hydrogens (tertiary/aromatic N) is 3. The summed E-state index contributed by atoms with van der Waals surface area (Å²) in [6.07, 6.45) is 11.5. The van der Waals surface area contributed by atoms with Crippen LogP contribution < -0.4 is 4.74 Å². The van der Waals surface area contributed by atoms with E-state index >= 15 is 0 Å². The van der Waals surface area contributed by atoms with Gasteiger partial charge in [0.05, 0.1) is 6.10 Å². The van der Waals surface area contributed by atoms with Gasteiger partial charge in [0.15, 0.2) is 0 Å². The van der Waals surface area contributed by atoms with E-state index in [1.807, 2.05) is 24.2 Å². The van der Waals surface area contributed by atoms with Crippen molar-refractivity contribution in [3.8, 4) is 5.75 Å². The number of rotatable bonds is 1. The summed E-state index contributed by atoms with van der Waals surface area (Å²) in [6, 6.07) is 4.99. The summed E-state index contributed by atoms with van der Waals surface area (Å²) in [7, 11) is 4.00. The normalized spacial score (nSPS) is 27.6. The largest absolute Gasteiger partial charge is 0.490 e. The van der Waals surface area contributed by atoms with Crippen molar-refractivity contribution in [1.29, 1.82) is 0 Å². The molecule has 0 spiro atoms. The van der Waals surface area contributed by atoms with Crippen molar-refractivity contribution in [2.75, 3.05) is 20.6 Å². The Hall–Kier alpha value is -2.56. The van der Waals surface area contributed by atoms with Crippen LogP contribution in [0.4, 0.5) is 4.39 Å². The van der Waals surface area contributed by atoms with Crippen molar-refractivity contribution >= 4 is 11.4 Å². The number of aliphatic imine (C=N–C) groups is 1. The molecule has 0 aromatic heterocycles. The number of hydrogen-bond acceptors (Lipinski definition) is 4. The van der Waals surface area contributed by atoms with Gasteiger partial charge in [-0.25, -0.2) is 9.38 Å². The summed E-state index contributed by atoms with van der Waals surface area (Å²) < 4.78 is 21.0. The Morgan fingerprint density at radius 1 is 1.18 bits per heavy atom. The second-order valence-corrected chi connectivity index (χ2v) is 7.95. The van der Waals surface area contributed by atoms with Crippen LogP contribution in [-0.2, 0) is 0 Å². The van der Waals surface area contributed by atoms with Gasteiger partial charge >= 0.3 is 0 Å². The van der Waals surface area contributed by atoms with Crippen molar-refractivity contribution in [3.05, 3.63) is 60.3 Å². The van der Waals surface area contributed by atoms with Gasteiger partial charge in [-0.05, 0) is 62.3 Å². The zero-order chi connectivity index (χ0) is 19.7. The highest BCUT2D eigenvalue weighted by molar-refractivity contribution is 5.95. The molecule has 3 heterocycles. The first-order valence-corrected chi connectivity index (χ1v) is 10.1. The maximum absolute atomic E-state index is 14.8. The molecule has 1 aromatic rings. The second-order valence-electron chi connectivity index (χ2n) is 7.95. The fourth-order valence-corrected chi connectivity index (χ4v) is 4.26. The molecule has 4 aliphatic rings. The SMILES string of the molecule is C=C/C1=C2/N=C(C=CN2C)N(C)CCC2CCC(CC2)Oc2ccc(F)c1c2. The molecule has 1 saturated carbocycles. The van der Waals surface area contributed by atoms with Gasteiger partial charge in [0, 0.05) is 38.0 Å². The van der Waals surface area contributed by atoms with Crippen LogP contribution in [0.1, 0.15) is 37.7 Å². The Labute approximate surface area is 166 Å². The lowest BCUT2D eigenvalue weighted by atomic mass is 9.85. The summed E-state index contributed by atoms with van der Waals surface area (Å²) in [5.74, 6) is 2.73. The second kappa shape index (κ2) is 7.82. The number of amidine groups is 1. The summed E-state index contributed by atoms with van der Waals surface area (Å²) in [4.78, 5) is 8.94. The van der Waals surface area contributed by atoms with E-state index in [1.54, 1.807) is 18.2 Å². The minimum atomic E-state index is -0.296. The summed E-state index contributed by atoms with van der Waals surface area (Å²) in [5.41, 5.74) is 1.14. The van der Waals surface area contributed by atoms with Gasteiger partial charge in [0.1, 0.15) is 23.2 Å². The van der Waals surface area contributed by atoms with E-state index in [-0.39, 0.29) is 11.9 Å². The molecule has 1 fully saturated rings. The lowest BCUT2D eigenvalue weighted by molar-refractivity contribution is 0.126. The van der Waals surface area contributed by atoms with Crippen molar-refractivity contribution in [2.24, 2.45) is 10.9 Å². The van der Waals surface area contributed by atoms with Gasteiger partial charge in [-0.2, -0.15) is 0 Å². The highest BCUT2D eigenvalue weighted by Crippen LogP contribution is 2.33. The molecule has 28 heavy (non-hydrogen) atoms. The average Bonchev–Trinajstić information content (AvgIpc) is 2.71. The van der Waals surface area contributed by atoms with Crippen LogP contribution in [0.5, 0.6) is 5.75 Å². The van der Waals surface area contributed by atoms with Gasteiger partial charge in [-0.1, -0.05) is 12.7 Å². The molecule has 148 valence electrons. The number of fused-ring (bicyclic) bond motifs is 4. The molecular formula is C23H28FN3O. The zero-order valence-electron chi connectivity index (χ0n) is 16.7. The molecule has 0 saturated heterocycles. The molecule has 0 unspecified atom stereocenters. The number of benzene rings is 1. The van der Waals surface area contributed by atoms with E-state index in [0.717, 1.165) is 37.6 Å². The quantitative estimate of drug-likeness (QED) is 0.699. The maximum Gasteiger partial charge on any atom is 0.142 e. The van der Waals surface area contributed by atoms with Gasteiger partial charge < -0.3 is 14.5 Å². The topological polar surface area (TPSA) is 28.1 Å². The fraction of sp³-hybridized carbons (Fsp3) is 0.435. The number of halogens is 1. The average molecular weight is 381 g/mol. The van der Waals surface area contributed by atoms with Crippen LogP contribution in [0.15, 0.2) is 53.9 Å². The van der Waals surface area contributed by atoms with E-state index in [1.165, 1.54) is 18.9 Å². The van der Waals surface area contributed by atoms with Crippen LogP contribution in [0.2, 0.25) is 0 Å². The minimum absolute atomic E-state index is 0.208.